The predicted octanol–water partition coefficient (Wildman–Crippen LogP) is 4.05. The first-order valence-electron chi connectivity index (χ1n) is 15.5. The number of amides is 1. The molecular weight excluding hydrogens is 462 g/mol. The lowest BCUT2D eigenvalue weighted by molar-refractivity contribution is -0.174. The van der Waals surface area contributed by atoms with Gasteiger partial charge >= 0.3 is 0 Å². The number of nitrogens with one attached hydrogen (secondary N) is 2. The van der Waals surface area contributed by atoms with Crippen molar-refractivity contribution in [2.75, 3.05) is 40.3 Å². The van der Waals surface area contributed by atoms with Gasteiger partial charge < -0.3 is 25.7 Å². The Hall–Kier alpha value is -0.690. The number of carbonyl (C=O) groups excluding carboxylic acids is 1. The summed E-state index contributed by atoms with van der Waals surface area (Å²) in [5, 5.41) is 28.3. The van der Waals surface area contributed by atoms with E-state index in [1.165, 1.54) is 25.7 Å². The molecule has 0 aliphatic heterocycles. The largest absolute Gasteiger partial charge is 0.393 e. The summed E-state index contributed by atoms with van der Waals surface area (Å²) < 4.78 is 0. The lowest BCUT2D eigenvalue weighted by atomic mass is 9.43. The Morgan fingerprint density at radius 3 is 2.46 bits per heavy atom. The Balaban J connectivity index is 1.26. The maximum absolute atomic E-state index is 12.5. The molecule has 214 valence electrons. The molecule has 4 saturated carbocycles. The standard InChI is InChI=1S/C31H57N3O3/c1-21(7-10-28(37)33-17-16-32-15-6-18-34(4)5)24-8-9-25-29-26(12-14-31(24,25)3)30(2)13-11-23(35)19-22(30)20-27(29)36/h21-27,29,32,35-36H,6-20H2,1-5H3,(H,33,37)/t21-,22+,23-,24-,25+,26+,27+,29+,30+,31-/m1/s1. The van der Waals surface area contributed by atoms with Crippen LogP contribution in [0.1, 0.15) is 91.4 Å². The van der Waals surface area contributed by atoms with Crippen LogP contribution in [0.4, 0.5) is 0 Å². The van der Waals surface area contributed by atoms with Crippen molar-refractivity contribution in [2.24, 2.45) is 46.3 Å². The summed E-state index contributed by atoms with van der Waals surface area (Å²) in [6.07, 6.45) is 11.1. The first-order valence-corrected chi connectivity index (χ1v) is 15.5. The van der Waals surface area contributed by atoms with E-state index in [9.17, 15) is 15.0 Å². The molecule has 0 heterocycles. The zero-order valence-electron chi connectivity index (χ0n) is 24.5. The topological polar surface area (TPSA) is 84.8 Å². The van der Waals surface area contributed by atoms with E-state index in [0.29, 0.717) is 48.5 Å². The molecule has 0 bridgehead atoms. The third-order valence-corrected chi connectivity index (χ3v) is 11.8. The second-order valence-electron chi connectivity index (χ2n) is 14.2. The molecule has 0 spiro atoms. The number of fused-ring (bicyclic) bond motifs is 5. The monoisotopic (exact) mass is 519 g/mol. The molecule has 1 amide bonds. The van der Waals surface area contributed by atoms with Crippen molar-refractivity contribution in [3.05, 3.63) is 0 Å². The van der Waals surface area contributed by atoms with Crippen molar-refractivity contribution in [1.29, 1.82) is 0 Å². The Morgan fingerprint density at radius 1 is 0.973 bits per heavy atom. The average Bonchev–Trinajstić information content (AvgIpc) is 3.20. The Morgan fingerprint density at radius 2 is 1.70 bits per heavy atom. The van der Waals surface area contributed by atoms with Gasteiger partial charge in [-0.25, -0.2) is 0 Å². The fraction of sp³-hybridized carbons (Fsp3) is 0.968. The van der Waals surface area contributed by atoms with Crippen LogP contribution in [-0.2, 0) is 4.79 Å². The van der Waals surface area contributed by atoms with E-state index >= 15 is 0 Å². The van der Waals surface area contributed by atoms with Gasteiger partial charge in [0, 0.05) is 19.5 Å². The van der Waals surface area contributed by atoms with Crippen LogP contribution in [0.2, 0.25) is 0 Å². The predicted molar refractivity (Wildman–Crippen MR) is 150 cm³/mol. The summed E-state index contributed by atoms with van der Waals surface area (Å²) in [4.78, 5) is 14.7. The van der Waals surface area contributed by atoms with Crippen LogP contribution in [0.5, 0.6) is 0 Å². The maximum atomic E-state index is 12.5. The fourth-order valence-corrected chi connectivity index (χ4v) is 9.76. The molecule has 4 rings (SSSR count). The first kappa shape index (κ1) is 29.3. The van der Waals surface area contributed by atoms with E-state index in [0.717, 1.165) is 58.2 Å². The van der Waals surface area contributed by atoms with Crippen molar-refractivity contribution in [1.82, 2.24) is 15.5 Å². The molecule has 0 aromatic heterocycles. The highest BCUT2D eigenvalue weighted by molar-refractivity contribution is 5.75. The number of aliphatic hydroxyl groups excluding tert-OH is 2. The Labute approximate surface area is 226 Å². The molecule has 0 radical (unpaired) electrons. The molecule has 4 aliphatic rings. The van der Waals surface area contributed by atoms with Crippen molar-refractivity contribution >= 4 is 5.91 Å². The van der Waals surface area contributed by atoms with Gasteiger partial charge in [0.15, 0.2) is 0 Å². The molecule has 0 saturated heterocycles. The Kier molecular flexibility index (Phi) is 9.68. The molecule has 0 aromatic carbocycles. The summed E-state index contributed by atoms with van der Waals surface area (Å²) >= 11 is 0. The average molecular weight is 520 g/mol. The van der Waals surface area contributed by atoms with Gasteiger partial charge in [0.05, 0.1) is 12.2 Å². The van der Waals surface area contributed by atoms with Crippen LogP contribution in [0.3, 0.4) is 0 Å². The third kappa shape index (κ3) is 6.23. The lowest BCUT2D eigenvalue weighted by Crippen LogP contribution is -2.58. The van der Waals surface area contributed by atoms with Crippen LogP contribution >= 0.6 is 0 Å². The quantitative estimate of drug-likeness (QED) is 0.310. The van der Waals surface area contributed by atoms with E-state index in [2.05, 4.69) is 50.4 Å². The second kappa shape index (κ2) is 12.2. The SMILES string of the molecule is C[C@H](CCC(=O)NCCNCCCN(C)C)[C@H]1CC[C@H]2[C@@H]3[C@@H](O)C[C@@H]4C[C@H](O)CC[C@]4(C)[C@H]3CC[C@]12C. The van der Waals surface area contributed by atoms with Crippen molar-refractivity contribution in [2.45, 2.75) is 104 Å². The minimum Gasteiger partial charge on any atom is -0.393 e. The fourth-order valence-electron chi connectivity index (χ4n) is 9.76. The molecule has 6 nitrogen and oxygen atoms in total. The highest BCUT2D eigenvalue weighted by Gasteiger charge is 2.62. The van der Waals surface area contributed by atoms with Crippen LogP contribution in [-0.4, -0.2) is 73.5 Å². The molecule has 37 heavy (non-hydrogen) atoms. The van der Waals surface area contributed by atoms with E-state index in [4.69, 9.17) is 0 Å². The third-order valence-electron chi connectivity index (χ3n) is 11.8. The minimum absolute atomic E-state index is 0.172. The summed E-state index contributed by atoms with van der Waals surface area (Å²) in [6, 6.07) is 0. The number of rotatable bonds is 11. The van der Waals surface area contributed by atoms with Gasteiger partial charge in [-0.3, -0.25) is 4.79 Å². The van der Waals surface area contributed by atoms with Gasteiger partial charge in [-0.15, -0.1) is 0 Å². The molecule has 0 unspecified atom stereocenters. The second-order valence-corrected chi connectivity index (χ2v) is 14.2. The molecule has 4 fully saturated rings. The van der Waals surface area contributed by atoms with Crippen LogP contribution < -0.4 is 10.6 Å². The highest BCUT2D eigenvalue weighted by Crippen LogP contribution is 2.68. The summed E-state index contributed by atoms with van der Waals surface area (Å²) in [5.41, 5.74) is 0.569. The summed E-state index contributed by atoms with van der Waals surface area (Å²) in [6.45, 7) is 11.0. The number of hydrogen-bond donors (Lipinski definition) is 4. The van der Waals surface area contributed by atoms with Gasteiger partial charge in [0.1, 0.15) is 0 Å². The van der Waals surface area contributed by atoms with Crippen molar-refractivity contribution in [3.63, 3.8) is 0 Å². The van der Waals surface area contributed by atoms with E-state index in [1.54, 1.807) is 0 Å². The molecule has 0 aromatic rings. The van der Waals surface area contributed by atoms with Gasteiger partial charge in [-0.1, -0.05) is 20.8 Å². The summed E-state index contributed by atoms with van der Waals surface area (Å²) in [7, 11) is 4.19. The minimum atomic E-state index is -0.214. The van der Waals surface area contributed by atoms with Gasteiger partial charge in [0.25, 0.3) is 0 Å². The molecule has 4 N–H and O–H groups in total. The van der Waals surface area contributed by atoms with Gasteiger partial charge in [0.2, 0.25) is 5.91 Å². The van der Waals surface area contributed by atoms with Crippen LogP contribution in [0.15, 0.2) is 0 Å². The number of nitrogens with zero attached hydrogens (tertiary/aromatic N) is 1. The normalized spacial score (nSPS) is 42.1. The van der Waals surface area contributed by atoms with Crippen LogP contribution in [0.25, 0.3) is 0 Å². The van der Waals surface area contributed by atoms with E-state index in [-0.39, 0.29) is 28.9 Å². The van der Waals surface area contributed by atoms with Crippen LogP contribution in [0, 0.1) is 46.3 Å². The van der Waals surface area contributed by atoms with Gasteiger partial charge in [-0.05, 0) is 138 Å². The zero-order chi connectivity index (χ0) is 26.8. The van der Waals surface area contributed by atoms with E-state index < -0.39 is 0 Å². The van der Waals surface area contributed by atoms with Crippen molar-refractivity contribution in [3.8, 4) is 0 Å². The lowest BCUT2D eigenvalue weighted by Gasteiger charge is -2.62. The maximum Gasteiger partial charge on any atom is 0.220 e. The Bertz CT molecular complexity index is 762. The van der Waals surface area contributed by atoms with Gasteiger partial charge in [-0.2, -0.15) is 0 Å². The molecule has 6 heteroatoms. The van der Waals surface area contributed by atoms with E-state index in [1.807, 2.05) is 0 Å². The van der Waals surface area contributed by atoms with Crippen molar-refractivity contribution < 1.29 is 15.0 Å². The number of aliphatic hydroxyl groups is 2. The molecule has 4 aliphatic carbocycles. The highest BCUT2D eigenvalue weighted by atomic mass is 16.3. The first-order chi connectivity index (χ1) is 17.6. The number of hydrogen-bond acceptors (Lipinski definition) is 5. The number of carbonyl (C=O) groups is 1. The zero-order valence-corrected chi connectivity index (χ0v) is 24.5. The molecular formula is C31H57N3O3. The smallest absolute Gasteiger partial charge is 0.220 e. The molecule has 10 atom stereocenters. The summed E-state index contributed by atoms with van der Waals surface area (Å²) in [5.74, 6) is 3.46.